The number of phenols is 2. The molecule has 0 aromatic heterocycles. The molecule has 2 amide bonds. The first-order valence-electron chi connectivity index (χ1n) is 27.4. The SMILES string of the molecule is C#Cc1ccc(O)c2c1C[C@H]1C[C@H]3[C@H](N(C)C)C(=O)C(C(N)=O)=C(O)[C@@]3(O)C(=O)C1=C2O.CCc1ccc(O)c2c1C[C@H]1C[C@H]3[C@H](N(C)C)C(=O)C(C(N)=O)=C(O)[C@@]3(O)C(=O)C1=C2O.[B]B([B])B([B])B(B([B])[B])B([B])[B].[B][B]B([B])B(B([B])[B])B([B])[B]. The normalized spacial score (nSPS) is 24.0. The minimum atomic E-state index is -2.65. The van der Waals surface area contributed by atoms with Crippen LogP contribution in [0.4, 0.5) is 0 Å². The number of likely N-dealkylation sites (N-methyl/N-ethyl adjacent to an activating group) is 2. The van der Waals surface area contributed by atoms with E-state index in [1.807, 2.05) is 6.92 Å². The molecule has 0 spiro atoms. The maximum absolute atomic E-state index is 13.6. The predicted octanol–water partition coefficient (Wildman–Crippen LogP) is -8.29. The fourth-order valence-electron chi connectivity index (χ4n) is 12.9. The van der Waals surface area contributed by atoms with Gasteiger partial charge in [0, 0.05) is 194 Å². The zero-order valence-electron chi connectivity index (χ0n) is 48.7. The van der Waals surface area contributed by atoms with Crippen LogP contribution in [0, 0.1) is 36.0 Å². The van der Waals surface area contributed by atoms with Crippen molar-refractivity contribution in [2.45, 2.75) is 62.3 Å². The van der Waals surface area contributed by atoms with Crippen molar-refractivity contribution in [2.24, 2.45) is 35.1 Å². The lowest BCUT2D eigenvalue weighted by atomic mass is 8.53. The highest BCUT2D eigenvalue weighted by Crippen LogP contribution is 2.55. The number of phenolic OH excluding ortho intramolecular Hbond substituents is 2. The van der Waals surface area contributed by atoms with E-state index in [9.17, 15) is 69.6 Å². The van der Waals surface area contributed by atoms with Gasteiger partial charge in [0.2, 0.25) is 11.6 Å². The molecule has 8 rings (SSSR count). The van der Waals surface area contributed by atoms with Crippen LogP contribution in [-0.4, -0.2) is 302 Å². The minimum Gasteiger partial charge on any atom is -0.508 e. The van der Waals surface area contributed by atoms with E-state index >= 15 is 0 Å². The van der Waals surface area contributed by atoms with E-state index in [2.05, 4.69) is 5.92 Å². The lowest BCUT2D eigenvalue weighted by Crippen LogP contribution is -2.67. The number of rotatable bonds is 13. The van der Waals surface area contributed by atoms with Gasteiger partial charge in [-0.05, 0) is 107 Å². The highest BCUT2D eigenvalue weighted by Gasteiger charge is 2.66. The Bertz CT molecular complexity index is 3260. The summed E-state index contributed by atoms with van der Waals surface area (Å²) in [5.41, 5.74) is 5.93. The third kappa shape index (κ3) is 13.2. The van der Waals surface area contributed by atoms with Crippen LogP contribution in [0.2, 0.25) is 0 Å². The summed E-state index contributed by atoms with van der Waals surface area (Å²) >= 11 is 0. The molecule has 2 aromatic carbocycles. The number of carbonyl (C=O) groups excluding carboxylic acids is 6. The Morgan fingerprint density at radius 3 is 1.29 bits per heavy atom. The molecule has 0 saturated heterocycles. The molecule has 405 valence electrons. The van der Waals surface area contributed by atoms with Crippen LogP contribution in [0.1, 0.15) is 53.1 Å². The predicted molar refractivity (Wildman–Crippen MR) is 358 cm³/mol. The molecule has 41 heteroatoms. The number of Topliss-reactive ketones (excluding diaryl/α,β-unsaturated/α-hetero) is 4. The molecule has 0 unspecified atom stereocenters. The van der Waals surface area contributed by atoms with E-state index < -0.39 is 167 Å². The average Bonchev–Trinajstić information content (AvgIpc) is 0.726. The smallest absolute Gasteiger partial charge is 0.255 e. The molecule has 6 aliphatic rings. The molecule has 8 atom stereocenters. The number of primary amides is 2. The van der Waals surface area contributed by atoms with Gasteiger partial charge in [-0.2, -0.15) is 0 Å². The summed E-state index contributed by atoms with van der Waals surface area (Å²) in [6, 6.07) is 3.80. The van der Waals surface area contributed by atoms with Gasteiger partial charge < -0.3 is 52.3 Å². The number of amides is 2. The van der Waals surface area contributed by atoms with E-state index in [1.165, 1.54) is 35.1 Å². The van der Waals surface area contributed by atoms with Crippen molar-refractivity contribution in [3.63, 3.8) is 0 Å². The summed E-state index contributed by atoms with van der Waals surface area (Å²) in [7, 11) is 77.6. The minimum absolute atomic E-state index is 0.0169. The van der Waals surface area contributed by atoms with Crippen molar-refractivity contribution in [3.05, 3.63) is 91.5 Å². The molecule has 6 aliphatic carbocycles. The topological polar surface area (TPSA) is 323 Å². The van der Waals surface area contributed by atoms with Crippen LogP contribution in [0.3, 0.4) is 0 Å². The second-order valence-corrected chi connectivity index (χ2v) is 22.9. The highest BCUT2D eigenvalue weighted by molar-refractivity contribution is 8.05. The molecule has 2 aromatic rings. The van der Waals surface area contributed by atoms with Crippen molar-refractivity contribution >= 4 is 212 Å². The number of aliphatic hydroxyl groups excluding tert-OH is 4. The largest absolute Gasteiger partial charge is 0.508 e. The molecule has 12 N–H and O–H groups in total. The molecule has 2 fully saturated rings. The van der Waals surface area contributed by atoms with Crippen LogP contribution in [-0.2, 0) is 48.0 Å². The fourth-order valence-corrected chi connectivity index (χ4v) is 12.9. The van der Waals surface area contributed by atoms with Gasteiger partial charge in [-0.1, -0.05) is 18.9 Å². The number of terminal acetylenes is 1. The summed E-state index contributed by atoms with van der Waals surface area (Å²) in [6.45, 7) is 1.93. The number of hydrogen-bond donors (Lipinski definition) is 10. The van der Waals surface area contributed by atoms with Gasteiger partial charge in [0.05, 0.1) is 23.2 Å². The lowest BCUT2D eigenvalue weighted by Gasteiger charge is -2.50. The number of hydrogen-bond acceptors (Lipinski definition) is 16. The Kier molecular flexibility index (Phi) is 23.5. The van der Waals surface area contributed by atoms with Gasteiger partial charge in [0.25, 0.3) is 11.8 Å². The van der Waals surface area contributed by atoms with E-state index in [1.54, 1.807) is 34.3 Å². The van der Waals surface area contributed by atoms with Gasteiger partial charge in [-0.25, -0.2) is 0 Å². The maximum Gasteiger partial charge on any atom is 0.255 e. The quantitative estimate of drug-likeness (QED) is 0.0506. The number of aryl methyl sites for hydroxylation is 1. The van der Waals surface area contributed by atoms with Crippen molar-refractivity contribution < 1.29 is 69.6 Å². The second-order valence-electron chi connectivity index (χ2n) is 22.9. The van der Waals surface area contributed by atoms with E-state index in [0.29, 0.717) is 29.5 Å². The van der Waals surface area contributed by atoms with Crippen molar-refractivity contribution in [1.29, 1.82) is 0 Å². The van der Waals surface area contributed by atoms with Gasteiger partial charge in [0.1, 0.15) is 45.7 Å². The van der Waals surface area contributed by atoms with E-state index in [0.717, 1.165) is 5.56 Å². The van der Waals surface area contributed by atoms with Crippen LogP contribution < -0.4 is 11.5 Å². The number of nitrogens with two attached hydrogens (primary N) is 2. The molecule has 2 saturated carbocycles. The van der Waals surface area contributed by atoms with Gasteiger partial charge in [-0.15, -0.1) is 6.42 Å². The van der Waals surface area contributed by atoms with Crippen molar-refractivity contribution in [3.8, 4) is 23.8 Å². The molecule has 0 bridgehead atoms. The Balaban J connectivity index is 0.000000235. The number of fused-ring (bicyclic) bond motifs is 6. The fraction of sp³-hybridized carbons (Fsp3) is 0.391. The first kappa shape index (κ1) is 72.5. The summed E-state index contributed by atoms with van der Waals surface area (Å²) < 4.78 is 0. The number of aliphatic hydroxyl groups is 6. The van der Waals surface area contributed by atoms with E-state index in [4.69, 9.17) is 118 Å². The zero-order chi connectivity index (χ0) is 66.3. The molecule has 87 heavy (non-hydrogen) atoms. The third-order valence-corrected chi connectivity index (χ3v) is 17.2. The molecule has 27 radical (unpaired) electrons. The summed E-state index contributed by atoms with van der Waals surface area (Å²) in [5.74, 6) is -10.7. The Hall–Kier alpha value is -5.29. The molecular formula is C46H48B23N4O14. The van der Waals surface area contributed by atoms with Crippen LogP contribution in [0.15, 0.2) is 58.1 Å². The van der Waals surface area contributed by atoms with Crippen LogP contribution in [0.25, 0.3) is 11.5 Å². The number of benzene rings is 2. The van der Waals surface area contributed by atoms with Gasteiger partial charge in [0.15, 0.2) is 22.8 Å². The molecule has 18 nitrogen and oxygen atoms in total. The highest BCUT2D eigenvalue weighted by atomic mass is 16.4. The Morgan fingerprint density at radius 2 is 0.989 bits per heavy atom. The lowest BCUT2D eigenvalue weighted by molar-refractivity contribution is -0.155. The van der Waals surface area contributed by atoms with Crippen LogP contribution in [0.5, 0.6) is 11.5 Å². The summed E-state index contributed by atoms with van der Waals surface area (Å²) in [6.07, 6.45) is 1.42. The van der Waals surface area contributed by atoms with Gasteiger partial charge in [-0.3, -0.25) is 38.6 Å². The van der Waals surface area contributed by atoms with Crippen LogP contribution >= 0.6 is 0 Å². The average molecular weight is 1130 g/mol. The monoisotopic (exact) mass is 1130 g/mol. The number of aromatic hydroxyl groups is 2. The summed E-state index contributed by atoms with van der Waals surface area (Å²) in [5, 5.41) is 87.2. The zero-order valence-corrected chi connectivity index (χ0v) is 48.7. The Morgan fingerprint density at radius 1 is 0.621 bits per heavy atom. The van der Waals surface area contributed by atoms with Gasteiger partial charge >= 0.3 is 0 Å². The molecule has 0 aliphatic heterocycles. The number of nitrogens with zero attached hydrogens (tertiary/aromatic N) is 2. The first-order valence-corrected chi connectivity index (χ1v) is 27.4. The maximum atomic E-state index is 13.6. The number of carbonyl (C=O) groups is 6. The molecular weight excluding hydrogens is 1080 g/mol. The van der Waals surface area contributed by atoms with Crippen molar-refractivity contribution in [2.75, 3.05) is 28.2 Å². The van der Waals surface area contributed by atoms with E-state index in [-0.39, 0.29) is 59.4 Å². The summed E-state index contributed by atoms with van der Waals surface area (Å²) in [4.78, 5) is 80.0. The molecule has 0 heterocycles. The van der Waals surface area contributed by atoms with Crippen molar-refractivity contribution in [1.82, 2.24) is 9.80 Å². The Labute approximate surface area is 529 Å². The first-order chi connectivity index (χ1) is 40.3. The third-order valence-electron chi connectivity index (χ3n) is 17.2. The second kappa shape index (κ2) is 28.3. The standard InChI is InChI=1S/C23H26N2O7.C23H22N2O7.B12.B11/c2*1-4-9-5-6-13(26)15-11(9)7-10-8-12-17(25(2)3)19(28)16(22(24)31)21(30)23(12,32)20(29)14(10)18(15)27;1-8(2)11(7)12(9(3)4)10(5)6;1-7-10(6)11(8(2)3)9(4)5/h5-6,10,12,17,26-27,30,32H,4,7-8H2,1-3H3,(H2,24,31);1,5-6,10,12,17,26-27,30,32H,7-8H2,2-3H3,(H2,24,31);;/t2*10-,12-,17-,23-;;/m00../s1. The number of ketones is 4.